The molecule has 63 heavy (non-hydrogen) atoms. The molecule has 14 nitrogen and oxygen atoms in total. The molecule has 2 aliphatic heterocycles. The van der Waals surface area contributed by atoms with Crippen molar-refractivity contribution in [2.45, 2.75) is 70.4 Å². The fourth-order valence-electron chi connectivity index (χ4n) is 8.24. The molecular formula is C44H52Cs2CuI2N5O9. The third kappa shape index (κ3) is 19.2. The smallest absolute Gasteiger partial charge is 1.00 e. The summed E-state index contributed by atoms with van der Waals surface area (Å²) in [6, 6.07) is 33.4. The van der Waals surface area contributed by atoms with Crippen LogP contribution in [0.3, 0.4) is 0 Å². The van der Waals surface area contributed by atoms with E-state index >= 15 is 0 Å². The maximum Gasteiger partial charge on any atom is -1.00 e. The monoisotopic (exact) mass is 1380 g/mol. The molecule has 4 fully saturated rings. The Kier molecular flexibility index (Phi) is 33.4. The number of hydrogen-bond acceptors (Lipinski definition) is 10. The topological polar surface area (TPSA) is 197 Å². The minimum Gasteiger partial charge on any atom is -1.00 e. The minimum atomic E-state index is -0.418. The van der Waals surface area contributed by atoms with Gasteiger partial charge in [-0.05, 0) is 116 Å². The van der Waals surface area contributed by atoms with E-state index in [2.05, 4.69) is 82.1 Å². The zero-order chi connectivity index (χ0) is 44.7. The van der Waals surface area contributed by atoms with Crippen molar-refractivity contribution in [2.75, 3.05) is 18.5 Å². The molecule has 0 radical (unpaired) electrons. The molecule has 2 saturated heterocycles. The molecular weight excluding hydrogens is 1330 g/mol. The van der Waals surface area contributed by atoms with Gasteiger partial charge in [0.1, 0.15) is 0 Å². The summed E-state index contributed by atoms with van der Waals surface area (Å²) < 4.78 is 1.00. The number of fused-ring (bicyclic) bond motifs is 2. The molecule has 19 heteroatoms. The van der Waals surface area contributed by atoms with Gasteiger partial charge in [-0.25, -0.2) is 0 Å². The SMILES string of the molecule is CCCCNC.O=C1C2CCCC2C(c2ccccc2)N1c1ccc([N+](=O)[O-])cc1.O=C1NC(c2ccccc2)C2CCCC12.O=CO[O-].O=[N+]([O-])c1ccc(I)cc1.[Cs+].[Cs+].[Cu][I].[H-]. The number of anilines is 1. The van der Waals surface area contributed by atoms with Crippen molar-refractivity contribution in [3.05, 3.63) is 144 Å². The number of carbonyl (C=O) groups excluding carboxylic acids is 3. The Hall–Kier alpha value is 0.0934. The quantitative estimate of drug-likeness (QED) is 0.0479. The van der Waals surface area contributed by atoms with Crippen LogP contribution in [-0.4, -0.2) is 41.7 Å². The molecule has 2 amide bonds. The van der Waals surface area contributed by atoms with Gasteiger partial charge in [0.2, 0.25) is 11.8 Å². The first-order chi connectivity index (χ1) is 29.6. The molecule has 4 aliphatic rings. The number of non-ortho nitro benzene ring substituents is 2. The molecule has 8 rings (SSSR count). The van der Waals surface area contributed by atoms with Crippen molar-refractivity contribution in [3.8, 4) is 0 Å². The number of carbonyl (C=O) groups is 3. The maximum atomic E-state index is 13.0. The van der Waals surface area contributed by atoms with E-state index in [1.165, 1.54) is 55.5 Å². The van der Waals surface area contributed by atoms with Crippen LogP contribution in [0, 0.1) is 47.5 Å². The molecule has 0 bridgehead atoms. The Bertz CT molecular complexity index is 1970. The van der Waals surface area contributed by atoms with Crippen LogP contribution in [-0.2, 0) is 32.0 Å². The van der Waals surface area contributed by atoms with Crippen LogP contribution in [0.25, 0.3) is 0 Å². The minimum absolute atomic E-state index is 0. The van der Waals surface area contributed by atoms with Crippen LogP contribution < -0.4 is 159 Å². The molecule has 2 heterocycles. The van der Waals surface area contributed by atoms with Gasteiger partial charge in [-0.15, -0.1) is 0 Å². The van der Waals surface area contributed by atoms with E-state index in [4.69, 9.17) is 10.1 Å². The summed E-state index contributed by atoms with van der Waals surface area (Å²) >= 11 is 7.97. The van der Waals surface area contributed by atoms with Gasteiger partial charge in [-0.3, -0.25) is 34.6 Å². The predicted octanol–water partition coefficient (Wildman–Crippen LogP) is 3.02. The second-order valence-corrected chi connectivity index (χ2v) is 15.8. The number of nitro groups is 2. The van der Waals surface area contributed by atoms with Crippen molar-refractivity contribution in [1.29, 1.82) is 0 Å². The van der Waals surface area contributed by atoms with Crippen LogP contribution in [0.2, 0.25) is 0 Å². The summed E-state index contributed by atoms with van der Waals surface area (Å²) in [5.41, 5.74) is 3.33. The van der Waals surface area contributed by atoms with Crippen molar-refractivity contribution < 1.29 is 186 Å². The fraction of sp³-hybridized carbons (Fsp3) is 0.386. The van der Waals surface area contributed by atoms with E-state index < -0.39 is 9.85 Å². The number of nitro benzene ring substituents is 2. The Balaban J connectivity index is 0.000000856. The van der Waals surface area contributed by atoms with Crippen molar-refractivity contribution >= 4 is 78.3 Å². The number of unbranched alkanes of at least 4 members (excludes halogenated alkanes) is 1. The summed E-state index contributed by atoms with van der Waals surface area (Å²) in [5.74, 6) is 1.65. The number of nitrogens with zero attached hydrogens (tertiary/aromatic N) is 3. The number of amides is 2. The molecule has 0 spiro atoms. The Morgan fingerprint density at radius 1 is 0.794 bits per heavy atom. The van der Waals surface area contributed by atoms with Crippen molar-refractivity contribution in [2.24, 2.45) is 23.7 Å². The Morgan fingerprint density at radius 2 is 1.27 bits per heavy atom. The number of benzene rings is 4. The number of halogens is 2. The largest absolute Gasteiger partial charge is 1.00 e. The molecule has 6 atom stereocenters. The van der Waals surface area contributed by atoms with Gasteiger partial charge in [0, 0.05) is 45.4 Å². The Morgan fingerprint density at radius 3 is 1.73 bits per heavy atom. The maximum absolute atomic E-state index is 13.0. The van der Waals surface area contributed by atoms with Gasteiger partial charge in [-0.1, -0.05) is 86.8 Å². The first-order valence-electron chi connectivity index (χ1n) is 19.9. The van der Waals surface area contributed by atoms with Crippen LogP contribution >= 0.6 is 42.9 Å². The van der Waals surface area contributed by atoms with Crippen LogP contribution in [0.4, 0.5) is 17.1 Å². The fourth-order valence-corrected chi connectivity index (χ4v) is 8.60. The van der Waals surface area contributed by atoms with Gasteiger partial charge >= 0.3 is 171 Å². The summed E-state index contributed by atoms with van der Waals surface area (Å²) in [6.45, 7) is 3.17. The van der Waals surface area contributed by atoms with E-state index in [9.17, 15) is 29.8 Å². The van der Waals surface area contributed by atoms with E-state index in [1.807, 2.05) is 48.3 Å². The van der Waals surface area contributed by atoms with Crippen LogP contribution in [0.5, 0.6) is 0 Å². The summed E-state index contributed by atoms with van der Waals surface area (Å²) in [6.07, 6.45) is 9.18. The molecule has 334 valence electrons. The van der Waals surface area contributed by atoms with Gasteiger partial charge in [0.05, 0.1) is 21.9 Å². The number of hydrogen-bond donors (Lipinski definition) is 2. The molecule has 4 aromatic rings. The average molecular weight is 1380 g/mol. The molecule has 6 unspecified atom stereocenters. The number of nitrogens with one attached hydrogen (secondary N) is 2. The zero-order valence-electron chi connectivity index (χ0n) is 36.9. The normalized spacial score (nSPS) is 20.7. The molecule has 2 saturated carbocycles. The van der Waals surface area contributed by atoms with E-state index in [-0.39, 0.29) is 193 Å². The van der Waals surface area contributed by atoms with Gasteiger partial charge < -0.3 is 27.1 Å². The second-order valence-electron chi connectivity index (χ2n) is 14.5. The van der Waals surface area contributed by atoms with Gasteiger partial charge in [0.25, 0.3) is 17.8 Å². The Labute approximate surface area is 522 Å². The van der Waals surface area contributed by atoms with Gasteiger partial charge in [0.15, 0.2) is 0 Å². The molecule has 0 aromatic heterocycles. The first-order valence-corrected chi connectivity index (χ1v) is 24.0. The predicted molar refractivity (Wildman–Crippen MR) is 246 cm³/mol. The molecule has 2 aliphatic carbocycles. The molecule has 4 aromatic carbocycles. The van der Waals surface area contributed by atoms with Crippen LogP contribution in [0.15, 0.2) is 109 Å². The summed E-state index contributed by atoms with van der Waals surface area (Å²) in [5, 5.41) is 35.6. The van der Waals surface area contributed by atoms with E-state index in [0.717, 1.165) is 47.0 Å². The summed E-state index contributed by atoms with van der Waals surface area (Å²) in [4.78, 5) is 58.0. The van der Waals surface area contributed by atoms with E-state index in [1.54, 1.807) is 44.6 Å². The second kappa shape index (κ2) is 34.4. The third-order valence-corrected chi connectivity index (χ3v) is 11.7. The number of rotatable bonds is 9. The van der Waals surface area contributed by atoms with Crippen LogP contribution in [0.1, 0.15) is 82.9 Å². The summed E-state index contributed by atoms with van der Waals surface area (Å²) in [7, 11) is 1.98. The standard InChI is InChI=1S/C19H18N2O3.C13H15NO.C6H4INO2.C5H13N.CH2O3.2Cs.Cu.HI.H/c22-19-17-8-4-7-16(17)18(13-5-2-1-3-6-13)20(19)14-9-11-15(12-10-14)21(23)24;15-13-11-8-4-7-10(11)12(14-13)9-5-2-1-3-6-9;7-5-1-3-6(4-2-5)8(9)10;1-3-4-5-6-2;2-1-4-3;;;;;/h1-3,5-6,9-12,16-18H,4,7-8H2;1-3,5-6,10-12H,4,7-8H2,(H,14,15);1-4H;6H,3-5H2,1-2H3;1,3H;;;;1H;/q;;;;;3*+1;;-1/p-2. The van der Waals surface area contributed by atoms with E-state index in [0.29, 0.717) is 11.8 Å². The molecule has 2 N–H and O–H groups in total. The third-order valence-electron chi connectivity index (χ3n) is 10.9. The van der Waals surface area contributed by atoms with Gasteiger partial charge in [-0.2, -0.15) is 0 Å². The zero-order valence-corrected chi connectivity index (χ0v) is 53.7. The van der Waals surface area contributed by atoms with Crippen molar-refractivity contribution in [1.82, 2.24) is 10.6 Å². The average Bonchev–Trinajstić information content (AvgIpc) is 4.10. The van der Waals surface area contributed by atoms with Crippen molar-refractivity contribution in [3.63, 3.8) is 0 Å². The first kappa shape index (κ1) is 61.1.